The van der Waals surface area contributed by atoms with Crippen LogP contribution >= 0.6 is 0 Å². The second-order valence-corrected chi connectivity index (χ2v) is 10.0. The molecule has 7 rings (SSSR count). The zero-order valence-corrected chi connectivity index (χ0v) is 19.1. The summed E-state index contributed by atoms with van der Waals surface area (Å²) >= 11 is 0. The highest BCUT2D eigenvalue weighted by molar-refractivity contribution is 5.96. The molecular formula is C26H26N6O2. The molecule has 2 bridgehead atoms. The number of likely N-dealkylation sites (tertiary alicyclic amines) is 1. The lowest BCUT2D eigenvalue weighted by Crippen LogP contribution is -2.49. The number of carbonyl (C=O) groups is 1. The first-order valence-electron chi connectivity index (χ1n) is 11.9. The molecule has 6 heterocycles. The number of anilines is 2. The summed E-state index contributed by atoms with van der Waals surface area (Å²) < 4.78 is 5.62. The highest BCUT2D eigenvalue weighted by atomic mass is 16.5. The maximum absolute atomic E-state index is 13.4. The molecule has 1 amide bonds. The smallest absolute Gasteiger partial charge is 0.254 e. The minimum atomic E-state index is -0.0618. The molecule has 2 aromatic heterocycles. The molecule has 4 aliphatic heterocycles. The summed E-state index contributed by atoms with van der Waals surface area (Å²) in [4.78, 5) is 31.4. The van der Waals surface area contributed by atoms with Crippen molar-refractivity contribution < 1.29 is 9.53 Å². The van der Waals surface area contributed by atoms with E-state index < -0.39 is 0 Å². The summed E-state index contributed by atoms with van der Waals surface area (Å²) in [6.07, 6.45) is 6.51. The second kappa shape index (κ2) is 7.32. The largest absolute Gasteiger partial charge is 0.379 e. The minimum Gasteiger partial charge on any atom is -0.379 e. The number of amides is 1. The van der Waals surface area contributed by atoms with Crippen LogP contribution in [-0.4, -0.2) is 70.7 Å². The fourth-order valence-corrected chi connectivity index (χ4v) is 5.85. The van der Waals surface area contributed by atoms with Crippen LogP contribution in [0.5, 0.6) is 0 Å². The van der Waals surface area contributed by atoms with Crippen molar-refractivity contribution in [1.82, 2.24) is 25.2 Å². The Morgan fingerprint density at radius 3 is 2.68 bits per heavy atom. The fraction of sp³-hybridized carbons (Fsp3) is 0.385. The van der Waals surface area contributed by atoms with E-state index in [0.29, 0.717) is 31.2 Å². The Morgan fingerprint density at radius 2 is 2.00 bits per heavy atom. The first-order valence-corrected chi connectivity index (χ1v) is 11.9. The van der Waals surface area contributed by atoms with Gasteiger partial charge in [0.2, 0.25) is 5.95 Å². The van der Waals surface area contributed by atoms with Crippen molar-refractivity contribution in [1.29, 1.82) is 0 Å². The van der Waals surface area contributed by atoms with Crippen LogP contribution in [0, 0.1) is 6.92 Å². The van der Waals surface area contributed by atoms with Gasteiger partial charge in [0.05, 0.1) is 24.3 Å². The van der Waals surface area contributed by atoms with Gasteiger partial charge in [0.15, 0.2) is 0 Å². The van der Waals surface area contributed by atoms with E-state index in [1.807, 2.05) is 48.5 Å². The van der Waals surface area contributed by atoms with E-state index in [9.17, 15) is 4.79 Å². The van der Waals surface area contributed by atoms with E-state index in [2.05, 4.69) is 21.3 Å². The summed E-state index contributed by atoms with van der Waals surface area (Å²) in [6.45, 7) is 5.83. The number of nitrogens with one attached hydrogen (secondary N) is 1. The number of ether oxygens (including phenoxy) is 1. The number of fused-ring (bicyclic) bond motifs is 4. The lowest BCUT2D eigenvalue weighted by molar-refractivity contribution is -0.0507. The quantitative estimate of drug-likeness (QED) is 0.651. The van der Waals surface area contributed by atoms with Gasteiger partial charge in [-0.1, -0.05) is 6.07 Å². The van der Waals surface area contributed by atoms with Gasteiger partial charge in [0, 0.05) is 67.1 Å². The van der Waals surface area contributed by atoms with E-state index in [0.717, 1.165) is 54.1 Å². The number of pyridine rings is 1. The average molecular weight is 455 g/mol. The summed E-state index contributed by atoms with van der Waals surface area (Å²) in [6, 6.07) is 10.9. The zero-order chi connectivity index (χ0) is 22.9. The van der Waals surface area contributed by atoms with Crippen molar-refractivity contribution in [2.24, 2.45) is 0 Å². The molecule has 4 aliphatic rings. The van der Waals surface area contributed by atoms with Crippen molar-refractivity contribution in [3.63, 3.8) is 0 Å². The van der Waals surface area contributed by atoms with Gasteiger partial charge in [0.1, 0.15) is 0 Å². The number of benzene rings is 1. The first-order chi connectivity index (χ1) is 16.6. The van der Waals surface area contributed by atoms with Crippen LogP contribution in [-0.2, 0) is 10.2 Å². The van der Waals surface area contributed by atoms with E-state index >= 15 is 0 Å². The van der Waals surface area contributed by atoms with Gasteiger partial charge in [-0.3, -0.25) is 9.78 Å². The maximum Gasteiger partial charge on any atom is 0.254 e. The second-order valence-electron chi connectivity index (χ2n) is 10.0. The molecule has 2 atom stereocenters. The number of hydrogen-bond donors (Lipinski definition) is 1. The van der Waals surface area contributed by atoms with Gasteiger partial charge < -0.3 is 19.9 Å². The number of hydrogen-bond acceptors (Lipinski definition) is 7. The summed E-state index contributed by atoms with van der Waals surface area (Å²) in [5.74, 6) is 0.750. The summed E-state index contributed by atoms with van der Waals surface area (Å²) in [5.41, 5.74) is 5.79. The highest BCUT2D eigenvalue weighted by Gasteiger charge is 2.50. The Hall–Kier alpha value is -3.36. The molecule has 0 unspecified atom stereocenters. The molecule has 0 radical (unpaired) electrons. The molecule has 1 N–H and O–H groups in total. The molecule has 3 aromatic rings. The standard InChI is InChI=1S/C26H26N6O2/c1-16-4-5-27-22(6-16)18-9-29-25(30-10-18)32-13-26(14-34-15-26)21-3-2-17(7-23(21)32)24(33)31-12-19-8-20(31)11-28-19/h2-7,9-10,19-20,28H,8,11-15H2,1H3/t19-,20-/m0/s1. The normalized spacial score (nSPS) is 23.9. The van der Waals surface area contributed by atoms with Crippen LogP contribution in [0.1, 0.15) is 27.9 Å². The molecule has 8 nitrogen and oxygen atoms in total. The van der Waals surface area contributed by atoms with Crippen molar-refractivity contribution in [3.8, 4) is 11.3 Å². The third kappa shape index (κ3) is 2.98. The van der Waals surface area contributed by atoms with E-state index in [1.165, 1.54) is 5.56 Å². The number of carbonyl (C=O) groups excluding carboxylic acids is 1. The highest BCUT2D eigenvalue weighted by Crippen LogP contribution is 2.48. The van der Waals surface area contributed by atoms with Crippen molar-refractivity contribution in [3.05, 3.63) is 65.6 Å². The van der Waals surface area contributed by atoms with Crippen LogP contribution in [0.3, 0.4) is 0 Å². The molecule has 0 aliphatic carbocycles. The van der Waals surface area contributed by atoms with Crippen LogP contribution in [0.4, 0.5) is 11.6 Å². The molecule has 0 saturated carbocycles. The average Bonchev–Trinajstić information content (AvgIpc) is 3.56. The Morgan fingerprint density at radius 1 is 1.15 bits per heavy atom. The molecule has 3 fully saturated rings. The molecular weight excluding hydrogens is 428 g/mol. The fourth-order valence-electron chi connectivity index (χ4n) is 5.85. The van der Waals surface area contributed by atoms with Crippen molar-refractivity contribution in [2.75, 3.05) is 37.7 Å². The number of aromatic nitrogens is 3. The number of piperazine rings is 1. The Labute approximate surface area is 198 Å². The van der Waals surface area contributed by atoms with Gasteiger partial charge in [-0.2, -0.15) is 0 Å². The van der Waals surface area contributed by atoms with E-state index in [1.54, 1.807) is 6.20 Å². The maximum atomic E-state index is 13.4. The predicted molar refractivity (Wildman–Crippen MR) is 127 cm³/mol. The third-order valence-corrected chi connectivity index (χ3v) is 7.73. The molecule has 1 aromatic carbocycles. The number of aryl methyl sites for hydroxylation is 1. The molecule has 1 spiro atoms. The van der Waals surface area contributed by atoms with Crippen LogP contribution in [0.25, 0.3) is 11.3 Å². The Balaban J connectivity index is 1.23. The van der Waals surface area contributed by atoms with Gasteiger partial charge >= 0.3 is 0 Å². The summed E-state index contributed by atoms with van der Waals surface area (Å²) in [5, 5.41) is 3.47. The van der Waals surface area contributed by atoms with Crippen molar-refractivity contribution in [2.45, 2.75) is 30.8 Å². The number of nitrogens with zero attached hydrogens (tertiary/aromatic N) is 5. The van der Waals surface area contributed by atoms with Gasteiger partial charge in [-0.25, -0.2) is 9.97 Å². The van der Waals surface area contributed by atoms with Gasteiger partial charge in [-0.15, -0.1) is 0 Å². The third-order valence-electron chi connectivity index (χ3n) is 7.73. The number of rotatable bonds is 3. The Bertz CT molecular complexity index is 1290. The lowest BCUT2D eigenvalue weighted by Gasteiger charge is -2.38. The summed E-state index contributed by atoms with van der Waals surface area (Å²) in [7, 11) is 0. The molecule has 3 saturated heterocycles. The first kappa shape index (κ1) is 20.1. The molecule has 8 heteroatoms. The van der Waals surface area contributed by atoms with Crippen LogP contribution in [0.2, 0.25) is 0 Å². The van der Waals surface area contributed by atoms with Gasteiger partial charge in [-0.05, 0) is 48.7 Å². The van der Waals surface area contributed by atoms with E-state index in [4.69, 9.17) is 14.7 Å². The van der Waals surface area contributed by atoms with Gasteiger partial charge in [0.25, 0.3) is 5.91 Å². The topological polar surface area (TPSA) is 83.5 Å². The molecule has 34 heavy (non-hydrogen) atoms. The lowest BCUT2D eigenvalue weighted by atomic mass is 9.80. The van der Waals surface area contributed by atoms with Crippen LogP contribution < -0.4 is 10.2 Å². The van der Waals surface area contributed by atoms with Crippen molar-refractivity contribution >= 4 is 17.5 Å². The Kier molecular flexibility index (Phi) is 4.32. The minimum absolute atomic E-state index is 0.0618. The zero-order valence-electron chi connectivity index (χ0n) is 19.1. The predicted octanol–water partition coefficient (Wildman–Crippen LogP) is 2.45. The monoisotopic (exact) mass is 454 g/mol. The SMILES string of the molecule is Cc1ccnc(-c2cnc(N3CC4(COC4)c4ccc(C(=O)N5C[C@@H]6C[C@H]5CN6)cc43)nc2)c1. The molecule has 172 valence electrons. The van der Waals surface area contributed by atoms with Crippen LogP contribution in [0.15, 0.2) is 48.9 Å². The van der Waals surface area contributed by atoms with E-state index in [-0.39, 0.29) is 11.3 Å².